The third-order valence-electron chi connectivity index (χ3n) is 5.18. The molecule has 0 amide bonds. The van der Waals surface area contributed by atoms with Crippen molar-refractivity contribution in [1.29, 1.82) is 0 Å². The number of rotatable bonds is 3. The summed E-state index contributed by atoms with van der Waals surface area (Å²) in [7, 11) is 3.44. The molecule has 1 unspecified atom stereocenters. The molecule has 1 atom stereocenters. The van der Waals surface area contributed by atoms with Gasteiger partial charge in [0.25, 0.3) is 0 Å². The van der Waals surface area contributed by atoms with Crippen molar-refractivity contribution in [3.05, 3.63) is 71.3 Å². The van der Waals surface area contributed by atoms with Crippen molar-refractivity contribution >= 4 is 10.8 Å². The van der Waals surface area contributed by atoms with E-state index < -0.39 is 0 Å². The molecule has 0 fully saturated rings. The summed E-state index contributed by atoms with van der Waals surface area (Å²) in [6, 6.07) is 19.5. The molecule has 1 aliphatic carbocycles. The Balaban J connectivity index is 1.75. The Bertz CT molecular complexity index is 882. The van der Waals surface area contributed by atoms with Crippen LogP contribution in [0.2, 0.25) is 0 Å². The monoisotopic (exact) mass is 318 g/mol. The zero-order valence-corrected chi connectivity index (χ0v) is 14.2. The van der Waals surface area contributed by atoms with Gasteiger partial charge in [0.2, 0.25) is 0 Å². The van der Waals surface area contributed by atoms with Crippen LogP contribution in [0.25, 0.3) is 10.8 Å². The summed E-state index contributed by atoms with van der Waals surface area (Å²) in [4.78, 5) is 0. The van der Waals surface area contributed by atoms with E-state index >= 15 is 0 Å². The van der Waals surface area contributed by atoms with Crippen molar-refractivity contribution in [3.8, 4) is 11.5 Å². The number of hydrogen-bond acceptors (Lipinski definition) is 2. The first-order chi connectivity index (χ1) is 11.8. The van der Waals surface area contributed by atoms with Crippen LogP contribution < -0.4 is 9.47 Å². The van der Waals surface area contributed by atoms with Crippen molar-refractivity contribution in [1.82, 2.24) is 0 Å². The lowest BCUT2D eigenvalue weighted by Gasteiger charge is -2.25. The number of aryl methyl sites for hydroxylation is 1. The molecule has 0 radical (unpaired) electrons. The van der Waals surface area contributed by atoms with Crippen LogP contribution in [-0.2, 0) is 12.8 Å². The van der Waals surface area contributed by atoms with E-state index in [0.29, 0.717) is 5.92 Å². The molecule has 0 heterocycles. The van der Waals surface area contributed by atoms with Gasteiger partial charge in [-0.25, -0.2) is 0 Å². The van der Waals surface area contributed by atoms with Crippen molar-refractivity contribution in [2.75, 3.05) is 14.2 Å². The van der Waals surface area contributed by atoms with Gasteiger partial charge >= 0.3 is 0 Å². The Morgan fingerprint density at radius 3 is 2.50 bits per heavy atom. The zero-order chi connectivity index (χ0) is 16.5. The van der Waals surface area contributed by atoms with E-state index in [1.54, 1.807) is 14.2 Å². The van der Waals surface area contributed by atoms with Gasteiger partial charge in [-0.1, -0.05) is 36.4 Å². The van der Waals surface area contributed by atoms with E-state index in [9.17, 15) is 0 Å². The second-order valence-corrected chi connectivity index (χ2v) is 6.52. The third kappa shape index (κ3) is 2.62. The summed E-state index contributed by atoms with van der Waals surface area (Å²) in [5.74, 6) is 2.35. The van der Waals surface area contributed by atoms with Crippen LogP contribution in [0, 0.1) is 0 Å². The molecule has 0 aromatic heterocycles. The Morgan fingerprint density at radius 2 is 1.71 bits per heavy atom. The first-order valence-corrected chi connectivity index (χ1v) is 8.51. The summed E-state index contributed by atoms with van der Waals surface area (Å²) in [5.41, 5.74) is 4.37. The normalized spacial score (nSPS) is 16.7. The van der Waals surface area contributed by atoms with Gasteiger partial charge in [-0.15, -0.1) is 0 Å². The molecule has 0 aliphatic heterocycles. The third-order valence-corrected chi connectivity index (χ3v) is 5.18. The number of benzene rings is 3. The van der Waals surface area contributed by atoms with Crippen LogP contribution in [0.15, 0.2) is 54.6 Å². The predicted molar refractivity (Wildman–Crippen MR) is 98.3 cm³/mol. The quantitative estimate of drug-likeness (QED) is 0.666. The number of hydrogen-bond donors (Lipinski definition) is 0. The fourth-order valence-electron chi connectivity index (χ4n) is 3.84. The lowest BCUT2D eigenvalue weighted by atomic mass is 9.80. The van der Waals surface area contributed by atoms with E-state index in [1.807, 2.05) is 12.1 Å². The lowest BCUT2D eigenvalue weighted by Crippen LogP contribution is -2.12. The molecule has 1 aliphatic rings. The molecule has 24 heavy (non-hydrogen) atoms. The minimum Gasteiger partial charge on any atom is -0.497 e. The molecule has 4 rings (SSSR count). The molecule has 0 saturated heterocycles. The van der Waals surface area contributed by atoms with Gasteiger partial charge in [0.15, 0.2) is 0 Å². The highest BCUT2D eigenvalue weighted by Crippen LogP contribution is 2.38. The van der Waals surface area contributed by atoms with Gasteiger partial charge in [-0.05, 0) is 65.5 Å². The SMILES string of the molecule is COc1ccc2cc(C3CCc4ccccc4C3)cc(OC)c2c1. The van der Waals surface area contributed by atoms with Gasteiger partial charge in [-0.2, -0.15) is 0 Å². The van der Waals surface area contributed by atoms with Crippen LogP contribution in [0.3, 0.4) is 0 Å². The molecule has 0 N–H and O–H groups in total. The summed E-state index contributed by atoms with van der Waals surface area (Å²) in [5, 5.41) is 2.32. The van der Waals surface area contributed by atoms with E-state index in [2.05, 4.69) is 42.5 Å². The minimum absolute atomic E-state index is 0.556. The average molecular weight is 318 g/mol. The van der Waals surface area contributed by atoms with Gasteiger partial charge in [0.1, 0.15) is 11.5 Å². The number of methoxy groups -OCH3 is 2. The van der Waals surface area contributed by atoms with Gasteiger partial charge in [0, 0.05) is 5.39 Å². The van der Waals surface area contributed by atoms with Crippen LogP contribution in [0.1, 0.15) is 29.0 Å². The highest BCUT2D eigenvalue weighted by Gasteiger charge is 2.21. The van der Waals surface area contributed by atoms with Gasteiger partial charge < -0.3 is 9.47 Å². The number of fused-ring (bicyclic) bond motifs is 2. The molecule has 0 saturated carbocycles. The minimum atomic E-state index is 0.556. The fraction of sp³-hybridized carbons (Fsp3) is 0.273. The summed E-state index contributed by atoms with van der Waals surface area (Å²) in [6.45, 7) is 0. The molecule has 3 aromatic rings. The maximum Gasteiger partial charge on any atom is 0.127 e. The molecule has 2 heteroatoms. The second kappa shape index (κ2) is 6.20. The van der Waals surface area contributed by atoms with Crippen molar-refractivity contribution in [3.63, 3.8) is 0 Å². The second-order valence-electron chi connectivity index (χ2n) is 6.52. The molecule has 2 nitrogen and oxygen atoms in total. The predicted octanol–water partition coefficient (Wildman–Crippen LogP) is 5.13. The van der Waals surface area contributed by atoms with Crippen molar-refractivity contribution < 1.29 is 9.47 Å². The summed E-state index contributed by atoms with van der Waals surface area (Å²) < 4.78 is 11.0. The maximum atomic E-state index is 5.67. The van der Waals surface area contributed by atoms with E-state index in [0.717, 1.165) is 29.7 Å². The Morgan fingerprint density at radius 1 is 0.875 bits per heavy atom. The highest BCUT2D eigenvalue weighted by atomic mass is 16.5. The van der Waals surface area contributed by atoms with E-state index in [4.69, 9.17) is 9.47 Å². The van der Waals surface area contributed by atoms with Crippen molar-refractivity contribution in [2.45, 2.75) is 25.2 Å². The number of ether oxygens (including phenoxy) is 2. The zero-order valence-electron chi connectivity index (χ0n) is 14.2. The van der Waals surface area contributed by atoms with Gasteiger partial charge in [0.05, 0.1) is 14.2 Å². The highest BCUT2D eigenvalue weighted by molar-refractivity contribution is 5.90. The topological polar surface area (TPSA) is 18.5 Å². The smallest absolute Gasteiger partial charge is 0.127 e. The van der Waals surface area contributed by atoms with Crippen LogP contribution in [0.5, 0.6) is 11.5 Å². The molecule has 0 spiro atoms. The first kappa shape index (κ1) is 15.1. The Kier molecular flexibility index (Phi) is 3.89. The lowest BCUT2D eigenvalue weighted by molar-refractivity contribution is 0.411. The molecular weight excluding hydrogens is 296 g/mol. The molecule has 3 aromatic carbocycles. The van der Waals surface area contributed by atoms with Crippen LogP contribution >= 0.6 is 0 Å². The summed E-state index contributed by atoms with van der Waals surface area (Å²) in [6.07, 6.45) is 3.46. The van der Waals surface area contributed by atoms with Crippen LogP contribution in [0.4, 0.5) is 0 Å². The van der Waals surface area contributed by atoms with Gasteiger partial charge in [-0.3, -0.25) is 0 Å². The molecular formula is C22H22O2. The van der Waals surface area contributed by atoms with Crippen LogP contribution in [-0.4, -0.2) is 14.2 Å². The average Bonchev–Trinajstić information content (AvgIpc) is 2.66. The molecule has 0 bridgehead atoms. The standard InChI is InChI=1S/C22H22O2/c1-23-20-10-9-18-12-19(13-22(24-2)21(18)14-20)17-8-7-15-5-3-4-6-16(15)11-17/h3-6,9-10,12-14,17H,7-8,11H2,1-2H3. The first-order valence-electron chi connectivity index (χ1n) is 8.51. The van der Waals surface area contributed by atoms with E-state index in [-0.39, 0.29) is 0 Å². The fourth-order valence-corrected chi connectivity index (χ4v) is 3.84. The Labute approximate surface area is 143 Å². The van der Waals surface area contributed by atoms with E-state index in [1.165, 1.54) is 28.5 Å². The van der Waals surface area contributed by atoms with Crippen molar-refractivity contribution in [2.24, 2.45) is 0 Å². The Hall–Kier alpha value is -2.48. The maximum absolute atomic E-state index is 5.67. The summed E-state index contributed by atoms with van der Waals surface area (Å²) >= 11 is 0. The molecule has 122 valence electrons. The largest absolute Gasteiger partial charge is 0.497 e.